The fraction of sp³-hybridized carbons (Fsp3) is 0.400. The van der Waals surface area contributed by atoms with Crippen LogP contribution in [0, 0.1) is 0 Å². The third-order valence-corrected chi connectivity index (χ3v) is 7.81. The average molecular weight is 511 g/mol. The van der Waals surface area contributed by atoms with Gasteiger partial charge < -0.3 is 14.5 Å². The predicted octanol–water partition coefficient (Wildman–Crippen LogP) is 4.55. The first kappa shape index (κ1) is 24.6. The lowest BCUT2D eigenvalue weighted by atomic mass is 9.95. The second-order valence-corrected chi connectivity index (χ2v) is 10.1. The number of nitrogens with zero attached hydrogens (tertiary/aromatic N) is 6. The summed E-state index contributed by atoms with van der Waals surface area (Å²) < 4.78 is 7.52. The Morgan fingerprint density at radius 3 is 2.32 bits per heavy atom. The molecule has 1 atom stereocenters. The molecule has 2 aliphatic rings. The molecule has 8 heteroatoms. The Hall–Kier alpha value is -3.78. The van der Waals surface area contributed by atoms with Crippen molar-refractivity contribution in [3.05, 3.63) is 78.2 Å². The van der Waals surface area contributed by atoms with Crippen LogP contribution in [0.1, 0.15) is 49.4 Å². The summed E-state index contributed by atoms with van der Waals surface area (Å²) in [5.41, 5.74) is 2.90. The van der Waals surface area contributed by atoms with Crippen LogP contribution in [0.2, 0.25) is 0 Å². The van der Waals surface area contributed by atoms with Gasteiger partial charge in [0.05, 0.1) is 23.2 Å². The highest BCUT2D eigenvalue weighted by molar-refractivity contribution is 5.88. The van der Waals surface area contributed by atoms with E-state index in [1.165, 1.54) is 0 Å². The molecule has 0 bridgehead atoms. The predicted molar refractivity (Wildman–Crippen MR) is 148 cm³/mol. The van der Waals surface area contributed by atoms with Crippen molar-refractivity contribution in [3.63, 3.8) is 0 Å². The summed E-state index contributed by atoms with van der Waals surface area (Å²) in [5.74, 6) is 2.16. The van der Waals surface area contributed by atoms with Crippen molar-refractivity contribution in [2.24, 2.45) is 0 Å². The van der Waals surface area contributed by atoms with Crippen LogP contribution >= 0.6 is 0 Å². The summed E-state index contributed by atoms with van der Waals surface area (Å²) in [6.45, 7) is 6.37. The van der Waals surface area contributed by atoms with Crippen molar-refractivity contribution < 1.29 is 9.53 Å². The van der Waals surface area contributed by atoms with Gasteiger partial charge in [0.15, 0.2) is 5.65 Å². The molecule has 0 spiro atoms. The summed E-state index contributed by atoms with van der Waals surface area (Å²) >= 11 is 0. The van der Waals surface area contributed by atoms with E-state index in [0.717, 1.165) is 79.5 Å². The van der Waals surface area contributed by atoms with Gasteiger partial charge >= 0.3 is 0 Å². The number of anilines is 1. The molecule has 0 saturated carbocycles. The maximum Gasteiger partial charge on any atom is 0.230 e. The lowest BCUT2D eigenvalue weighted by Gasteiger charge is -2.37. The molecule has 1 amide bonds. The average Bonchev–Trinajstić information content (AvgIpc) is 3.43. The number of fused-ring (bicyclic) bond motifs is 1. The highest BCUT2D eigenvalue weighted by Gasteiger charge is 2.30. The maximum absolute atomic E-state index is 13.5. The zero-order chi connectivity index (χ0) is 25.9. The summed E-state index contributed by atoms with van der Waals surface area (Å²) in [6.07, 6.45) is 4.52. The van der Waals surface area contributed by atoms with E-state index in [1.807, 2.05) is 64.3 Å². The Labute approximate surface area is 223 Å². The number of aromatic nitrogens is 4. The summed E-state index contributed by atoms with van der Waals surface area (Å²) in [7, 11) is 0. The highest BCUT2D eigenvalue weighted by atomic mass is 16.5. The molecule has 2 aliphatic heterocycles. The molecular formula is C30H34N6O2. The zero-order valence-corrected chi connectivity index (χ0v) is 21.9. The normalized spacial score (nSPS) is 17.6. The van der Waals surface area contributed by atoms with E-state index >= 15 is 0 Å². The van der Waals surface area contributed by atoms with Crippen LogP contribution in [-0.4, -0.2) is 69.9 Å². The van der Waals surface area contributed by atoms with Crippen molar-refractivity contribution in [1.82, 2.24) is 24.6 Å². The molecular weight excluding hydrogens is 476 g/mol. The second kappa shape index (κ2) is 10.9. The van der Waals surface area contributed by atoms with Crippen LogP contribution in [0.5, 0.6) is 0 Å². The quantitative estimate of drug-likeness (QED) is 0.379. The third-order valence-electron chi connectivity index (χ3n) is 7.81. The van der Waals surface area contributed by atoms with Crippen LogP contribution < -0.4 is 4.90 Å². The van der Waals surface area contributed by atoms with Gasteiger partial charge in [-0.15, -0.1) is 0 Å². The van der Waals surface area contributed by atoms with Gasteiger partial charge in [0, 0.05) is 45.3 Å². The monoisotopic (exact) mass is 510 g/mol. The SMILES string of the molecule is CCC(C(=O)N1CCN(c2nc(C3CCOCC3)nc3c2cnn3-c2ccccc2)CC1)c1ccccc1. The molecule has 0 radical (unpaired) electrons. The molecule has 2 fully saturated rings. The minimum atomic E-state index is -0.0993. The third kappa shape index (κ3) is 4.76. The van der Waals surface area contributed by atoms with E-state index in [-0.39, 0.29) is 17.7 Å². The van der Waals surface area contributed by atoms with Crippen LogP contribution in [0.4, 0.5) is 5.82 Å². The summed E-state index contributed by atoms with van der Waals surface area (Å²) in [5, 5.41) is 5.66. The Kier molecular flexibility index (Phi) is 7.05. The van der Waals surface area contributed by atoms with E-state index in [1.54, 1.807) is 0 Å². The van der Waals surface area contributed by atoms with Gasteiger partial charge in [0.25, 0.3) is 0 Å². The Balaban J connectivity index is 1.29. The number of amides is 1. The second-order valence-electron chi connectivity index (χ2n) is 10.1. The molecule has 2 saturated heterocycles. The topological polar surface area (TPSA) is 76.4 Å². The number of para-hydroxylation sites is 1. The first-order chi connectivity index (χ1) is 18.7. The number of hydrogen-bond donors (Lipinski definition) is 0. The van der Waals surface area contributed by atoms with Crippen molar-refractivity contribution >= 4 is 22.8 Å². The van der Waals surface area contributed by atoms with Crippen LogP contribution in [0.15, 0.2) is 66.9 Å². The largest absolute Gasteiger partial charge is 0.381 e. The number of carbonyl (C=O) groups is 1. The number of carbonyl (C=O) groups excluding carboxylic acids is 1. The molecule has 4 heterocycles. The van der Waals surface area contributed by atoms with Gasteiger partial charge in [0.1, 0.15) is 11.6 Å². The first-order valence-electron chi connectivity index (χ1n) is 13.7. The molecule has 4 aromatic rings. The first-order valence-corrected chi connectivity index (χ1v) is 13.7. The fourth-order valence-corrected chi connectivity index (χ4v) is 5.64. The van der Waals surface area contributed by atoms with E-state index in [2.05, 4.69) is 24.0 Å². The molecule has 38 heavy (non-hydrogen) atoms. The lowest BCUT2D eigenvalue weighted by molar-refractivity contribution is -0.133. The van der Waals surface area contributed by atoms with Crippen LogP contribution in [0.3, 0.4) is 0 Å². The summed E-state index contributed by atoms with van der Waals surface area (Å²) in [6, 6.07) is 20.3. The fourth-order valence-electron chi connectivity index (χ4n) is 5.64. The molecule has 0 aliphatic carbocycles. The van der Waals surface area contributed by atoms with Crippen molar-refractivity contribution in [3.8, 4) is 5.69 Å². The van der Waals surface area contributed by atoms with Crippen molar-refractivity contribution in [2.75, 3.05) is 44.3 Å². The minimum absolute atomic E-state index is 0.0993. The van der Waals surface area contributed by atoms with Gasteiger partial charge in [-0.2, -0.15) is 5.10 Å². The standard InChI is InChI=1S/C30H34N6O2/c1-2-25(22-9-5-3-6-10-22)30(37)35-17-15-34(16-18-35)28-26-21-31-36(24-11-7-4-8-12-24)29(26)33-27(32-28)23-13-19-38-20-14-23/h3-12,21,23,25H,2,13-20H2,1H3. The molecule has 0 N–H and O–H groups in total. The molecule has 1 unspecified atom stereocenters. The number of piperazine rings is 1. The molecule has 196 valence electrons. The Morgan fingerprint density at radius 2 is 1.63 bits per heavy atom. The number of rotatable bonds is 6. The van der Waals surface area contributed by atoms with E-state index < -0.39 is 0 Å². The minimum Gasteiger partial charge on any atom is -0.381 e. The Bertz CT molecular complexity index is 1380. The van der Waals surface area contributed by atoms with Gasteiger partial charge in [-0.1, -0.05) is 55.5 Å². The zero-order valence-electron chi connectivity index (χ0n) is 21.9. The molecule has 2 aromatic heterocycles. The van der Waals surface area contributed by atoms with Gasteiger partial charge in [0.2, 0.25) is 5.91 Å². The van der Waals surface area contributed by atoms with Crippen LogP contribution in [0.25, 0.3) is 16.7 Å². The van der Waals surface area contributed by atoms with Crippen molar-refractivity contribution in [1.29, 1.82) is 0 Å². The Morgan fingerprint density at radius 1 is 0.947 bits per heavy atom. The molecule has 2 aromatic carbocycles. The lowest BCUT2D eigenvalue weighted by Crippen LogP contribution is -2.50. The summed E-state index contributed by atoms with van der Waals surface area (Å²) in [4.78, 5) is 28.0. The van der Waals surface area contributed by atoms with E-state index in [9.17, 15) is 4.79 Å². The van der Waals surface area contributed by atoms with Crippen LogP contribution in [-0.2, 0) is 9.53 Å². The van der Waals surface area contributed by atoms with Gasteiger partial charge in [-0.05, 0) is 37.0 Å². The van der Waals surface area contributed by atoms with Crippen molar-refractivity contribution in [2.45, 2.75) is 38.0 Å². The number of benzene rings is 2. The highest BCUT2D eigenvalue weighted by Crippen LogP contribution is 2.32. The number of ether oxygens (including phenoxy) is 1. The molecule has 6 rings (SSSR count). The smallest absolute Gasteiger partial charge is 0.230 e. The van der Waals surface area contributed by atoms with E-state index in [4.69, 9.17) is 19.8 Å². The van der Waals surface area contributed by atoms with Gasteiger partial charge in [-0.25, -0.2) is 14.6 Å². The maximum atomic E-state index is 13.5. The van der Waals surface area contributed by atoms with Gasteiger partial charge in [-0.3, -0.25) is 4.79 Å². The van der Waals surface area contributed by atoms with E-state index in [0.29, 0.717) is 13.1 Å². The molecule has 8 nitrogen and oxygen atoms in total. The number of hydrogen-bond acceptors (Lipinski definition) is 6.